The average molecular weight is 432 g/mol. The van der Waals surface area contributed by atoms with Crippen LogP contribution in [0.15, 0.2) is 60.7 Å². The maximum absolute atomic E-state index is 13.8. The van der Waals surface area contributed by atoms with E-state index in [1.807, 2.05) is 53.4 Å². The highest BCUT2D eigenvalue weighted by Crippen LogP contribution is 2.32. The number of carbonyl (C=O) groups excluding carboxylic acids is 1. The minimum atomic E-state index is 0.00164. The van der Waals surface area contributed by atoms with Crippen LogP contribution in [0, 0.1) is 6.92 Å². The fourth-order valence-electron chi connectivity index (χ4n) is 4.10. The molecule has 158 valence electrons. The lowest BCUT2D eigenvalue weighted by atomic mass is 10.0. The van der Waals surface area contributed by atoms with Crippen LogP contribution >= 0.6 is 11.3 Å². The summed E-state index contributed by atoms with van der Waals surface area (Å²) in [6.45, 7) is 6.76. The van der Waals surface area contributed by atoms with Crippen LogP contribution in [0.5, 0.6) is 0 Å². The first kappa shape index (κ1) is 20.1. The fourth-order valence-corrected chi connectivity index (χ4v) is 5.17. The van der Waals surface area contributed by atoms with Crippen molar-refractivity contribution in [1.82, 2.24) is 9.88 Å². The molecule has 0 radical (unpaired) electrons. The average Bonchev–Trinajstić information content (AvgIpc) is 3.25. The van der Waals surface area contributed by atoms with E-state index in [0.29, 0.717) is 6.54 Å². The van der Waals surface area contributed by atoms with Crippen LogP contribution in [0.3, 0.4) is 0 Å². The van der Waals surface area contributed by atoms with Gasteiger partial charge in [-0.15, -0.1) is 0 Å². The summed E-state index contributed by atoms with van der Waals surface area (Å²) in [5, 5.41) is 2.81. The summed E-state index contributed by atoms with van der Waals surface area (Å²) in [7, 11) is 0. The Hall–Kier alpha value is -2.80. The van der Waals surface area contributed by atoms with Gasteiger partial charge in [-0.3, -0.25) is 14.6 Å². The van der Waals surface area contributed by atoms with Gasteiger partial charge in [0.2, 0.25) is 0 Å². The third-order valence-electron chi connectivity index (χ3n) is 5.85. The van der Waals surface area contributed by atoms with Gasteiger partial charge < -0.3 is 4.74 Å². The number of aromatic nitrogens is 1. The molecule has 1 saturated heterocycles. The van der Waals surface area contributed by atoms with E-state index in [9.17, 15) is 4.79 Å². The van der Waals surface area contributed by atoms with Gasteiger partial charge in [-0.05, 0) is 35.4 Å². The van der Waals surface area contributed by atoms with Crippen LogP contribution in [0.4, 0.5) is 5.13 Å². The normalized spacial score (nSPS) is 14.9. The van der Waals surface area contributed by atoms with Crippen molar-refractivity contribution in [3.8, 4) is 0 Å². The molecule has 4 aromatic rings. The van der Waals surface area contributed by atoms with E-state index in [1.54, 1.807) is 11.3 Å². The molecule has 1 aromatic heterocycles. The molecular weight excluding hydrogens is 406 g/mol. The van der Waals surface area contributed by atoms with Crippen molar-refractivity contribution in [3.05, 3.63) is 71.8 Å². The van der Waals surface area contributed by atoms with E-state index in [0.717, 1.165) is 70.1 Å². The molecule has 31 heavy (non-hydrogen) atoms. The van der Waals surface area contributed by atoms with E-state index in [1.165, 1.54) is 0 Å². The molecule has 5 nitrogen and oxygen atoms in total. The molecule has 2 heterocycles. The Morgan fingerprint density at radius 3 is 2.68 bits per heavy atom. The molecule has 3 aromatic carbocycles. The molecule has 0 unspecified atom stereocenters. The van der Waals surface area contributed by atoms with Gasteiger partial charge in [0, 0.05) is 31.7 Å². The SMILES string of the molecule is Cc1cccc2sc(N(CCN3CCOCC3)C(=O)c3cccc4ccccc34)nc12. The summed E-state index contributed by atoms with van der Waals surface area (Å²) < 4.78 is 6.59. The number of anilines is 1. The van der Waals surface area contributed by atoms with Gasteiger partial charge >= 0.3 is 0 Å². The Kier molecular flexibility index (Phi) is 5.68. The predicted octanol–water partition coefficient (Wildman–Crippen LogP) is 4.74. The summed E-state index contributed by atoms with van der Waals surface area (Å²) in [5.41, 5.74) is 2.83. The molecule has 0 bridgehead atoms. The number of fused-ring (bicyclic) bond motifs is 2. The Morgan fingerprint density at radius 1 is 1.06 bits per heavy atom. The molecule has 1 amide bonds. The molecule has 6 heteroatoms. The van der Waals surface area contributed by atoms with Gasteiger partial charge in [0.1, 0.15) is 0 Å². The molecule has 0 spiro atoms. The van der Waals surface area contributed by atoms with Crippen LogP contribution in [0.25, 0.3) is 21.0 Å². The second-order valence-corrected chi connectivity index (χ2v) is 8.86. The molecular formula is C25H25N3O2S. The van der Waals surface area contributed by atoms with Crippen LogP contribution in [0.2, 0.25) is 0 Å². The summed E-state index contributed by atoms with van der Waals surface area (Å²) >= 11 is 1.59. The number of amides is 1. The molecule has 1 aliphatic heterocycles. The van der Waals surface area contributed by atoms with Crippen molar-refractivity contribution >= 4 is 43.4 Å². The van der Waals surface area contributed by atoms with Crippen molar-refractivity contribution < 1.29 is 9.53 Å². The van der Waals surface area contributed by atoms with Crippen LogP contribution in [-0.2, 0) is 4.74 Å². The van der Waals surface area contributed by atoms with Gasteiger partial charge in [0.25, 0.3) is 5.91 Å². The van der Waals surface area contributed by atoms with Crippen molar-refractivity contribution in [2.45, 2.75) is 6.92 Å². The maximum atomic E-state index is 13.8. The van der Waals surface area contributed by atoms with Crippen molar-refractivity contribution in [3.63, 3.8) is 0 Å². The van der Waals surface area contributed by atoms with Crippen molar-refractivity contribution in [2.24, 2.45) is 0 Å². The first-order chi connectivity index (χ1) is 15.2. The highest BCUT2D eigenvalue weighted by atomic mass is 32.1. The van der Waals surface area contributed by atoms with Crippen molar-refractivity contribution in [2.75, 3.05) is 44.3 Å². The topological polar surface area (TPSA) is 45.7 Å². The summed E-state index contributed by atoms with van der Waals surface area (Å²) in [4.78, 5) is 22.9. The lowest BCUT2D eigenvalue weighted by Crippen LogP contribution is -2.43. The minimum Gasteiger partial charge on any atom is -0.379 e. The Bertz CT molecular complexity index is 1220. The predicted molar refractivity (Wildman–Crippen MR) is 127 cm³/mol. The zero-order valence-electron chi connectivity index (χ0n) is 17.6. The molecule has 0 saturated carbocycles. The summed E-state index contributed by atoms with van der Waals surface area (Å²) in [6, 6.07) is 20.2. The monoisotopic (exact) mass is 431 g/mol. The molecule has 1 fully saturated rings. The fraction of sp³-hybridized carbons (Fsp3) is 0.280. The minimum absolute atomic E-state index is 0.00164. The van der Waals surface area contributed by atoms with Crippen LogP contribution < -0.4 is 4.90 Å². The van der Waals surface area contributed by atoms with Crippen LogP contribution in [-0.4, -0.2) is 55.2 Å². The van der Waals surface area contributed by atoms with E-state index in [4.69, 9.17) is 9.72 Å². The molecule has 0 aliphatic carbocycles. The number of aryl methyl sites for hydroxylation is 1. The number of nitrogens with zero attached hydrogens (tertiary/aromatic N) is 3. The highest BCUT2D eigenvalue weighted by molar-refractivity contribution is 7.22. The molecule has 0 atom stereocenters. The zero-order chi connectivity index (χ0) is 21.2. The van der Waals surface area contributed by atoms with Gasteiger partial charge in [0.05, 0.1) is 23.4 Å². The third kappa shape index (κ3) is 4.06. The van der Waals surface area contributed by atoms with E-state index in [2.05, 4.69) is 24.0 Å². The number of rotatable bonds is 5. The standard InChI is InChI=1S/C25H25N3O2S/c1-18-6-4-11-22-23(18)26-25(31-22)28(13-12-27-14-16-30-17-15-27)24(29)21-10-5-8-19-7-2-3-9-20(19)21/h2-11H,12-17H2,1H3. The molecule has 1 aliphatic rings. The van der Waals surface area contributed by atoms with Gasteiger partial charge in [0.15, 0.2) is 5.13 Å². The Morgan fingerprint density at radius 2 is 1.84 bits per heavy atom. The number of benzene rings is 3. The van der Waals surface area contributed by atoms with Gasteiger partial charge in [-0.2, -0.15) is 0 Å². The molecule has 5 rings (SSSR count). The van der Waals surface area contributed by atoms with E-state index < -0.39 is 0 Å². The number of hydrogen-bond acceptors (Lipinski definition) is 5. The van der Waals surface area contributed by atoms with Crippen molar-refractivity contribution in [1.29, 1.82) is 0 Å². The Balaban J connectivity index is 1.53. The second-order valence-electron chi connectivity index (χ2n) is 7.86. The van der Waals surface area contributed by atoms with Gasteiger partial charge in [-0.25, -0.2) is 4.98 Å². The maximum Gasteiger partial charge on any atom is 0.260 e. The smallest absolute Gasteiger partial charge is 0.260 e. The summed E-state index contributed by atoms with van der Waals surface area (Å²) in [6.07, 6.45) is 0. The number of carbonyl (C=O) groups is 1. The lowest BCUT2D eigenvalue weighted by Gasteiger charge is -2.29. The number of morpholine rings is 1. The largest absolute Gasteiger partial charge is 0.379 e. The number of ether oxygens (including phenoxy) is 1. The number of hydrogen-bond donors (Lipinski definition) is 0. The van der Waals surface area contributed by atoms with E-state index in [-0.39, 0.29) is 5.91 Å². The molecule has 0 N–H and O–H groups in total. The van der Waals surface area contributed by atoms with Gasteiger partial charge in [-0.1, -0.05) is 59.9 Å². The number of thiazole rings is 1. The lowest BCUT2D eigenvalue weighted by molar-refractivity contribution is 0.0391. The third-order valence-corrected chi connectivity index (χ3v) is 6.89. The first-order valence-corrected chi connectivity index (χ1v) is 11.5. The highest BCUT2D eigenvalue weighted by Gasteiger charge is 2.24. The Labute approximate surface area is 185 Å². The zero-order valence-corrected chi connectivity index (χ0v) is 18.4. The second kappa shape index (κ2) is 8.75. The quantitative estimate of drug-likeness (QED) is 0.458. The first-order valence-electron chi connectivity index (χ1n) is 10.7. The van der Waals surface area contributed by atoms with Crippen LogP contribution in [0.1, 0.15) is 15.9 Å². The van der Waals surface area contributed by atoms with E-state index >= 15 is 0 Å². The summed E-state index contributed by atoms with van der Waals surface area (Å²) in [5.74, 6) is 0.00164. The number of para-hydroxylation sites is 1.